The van der Waals surface area contributed by atoms with E-state index in [1.54, 1.807) is 6.20 Å². The van der Waals surface area contributed by atoms with Crippen LogP contribution in [0.4, 0.5) is 5.82 Å². The molecule has 2 aliphatic rings. The van der Waals surface area contributed by atoms with Gasteiger partial charge in [-0.3, -0.25) is 9.78 Å². The minimum absolute atomic E-state index is 0.110. The molecule has 0 saturated heterocycles. The smallest absolute Gasteiger partial charge is 0.226 e. The molecule has 0 radical (unpaired) electrons. The van der Waals surface area contributed by atoms with Gasteiger partial charge in [0, 0.05) is 51.9 Å². The topological polar surface area (TPSA) is 62.2 Å². The van der Waals surface area contributed by atoms with Gasteiger partial charge in [-0.2, -0.15) is 5.10 Å². The van der Waals surface area contributed by atoms with E-state index in [9.17, 15) is 4.79 Å². The van der Waals surface area contributed by atoms with Gasteiger partial charge in [0.1, 0.15) is 0 Å². The van der Waals surface area contributed by atoms with Crippen LogP contribution in [0, 0.1) is 5.92 Å². The fourth-order valence-corrected chi connectivity index (χ4v) is 3.39. The lowest BCUT2D eigenvalue weighted by Crippen LogP contribution is -2.37. The van der Waals surface area contributed by atoms with Crippen molar-refractivity contribution in [3.63, 3.8) is 0 Å². The molecule has 1 fully saturated rings. The Hall–Kier alpha value is -2.50. The van der Waals surface area contributed by atoms with Crippen LogP contribution >= 0.6 is 0 Å². The molecule has 0 bridgehead atoms. The summed E-state index contributed by atoms with van der Waals surface area (Å²) in [5.74, 6) is 1.54. The zero-order valence-corrected chi connectivity index (χ0v) is 14.0. The van der Waals surface area contributed by atoms with Gasteiger partial charge in [-0.25, -0.2) is 0 Å². The van der Waals surface area contributed by atoms with Crippen LogP contribution in [0.5, 0.6) is 0 Å². The molecule has 1 aliphatic heterocycles. The molecule has 0 aromatic carbocycles. The number of nitrogens with zero attached hydrogens (tertiary/aromatic N) is 5. The normalized spacial score (nSPS) is 22.0. The standard InChI is InChI=1S/C18H21N5O/c1-22(2)17-8-13-11-23(7-5-16(13)20-21-17)18(24)15-9-14(15)12-4-3-6-19-10-12/h3-4,6,8,10,14-15H,5,7,9,11H2,1-2H3/t14-,15+/m1/s1. The van der Waals surface area contributed by atoms with Gasteiger partial charge in [0.25, 0.3) is 0 Å². The number of fused-ring (bicyclic) bond motifs is 1. The SMILES string of the molecule is CN(C)c1cc2c(nn1)CCN(C(=O)[C@H]1C[C@@H]1c1cccnc1)C2. The van der Waals surface area contributed by atoms with Gasteiger partial charge in [-0.15, -0.1) is 5.10 Å². The summed E-state index contributed by atoms with van der Waals surface area (Å²) in [6.07, 6.45) is 5.37. The van der Waals surface area contributed by atoms with Gasteiger partial charge < -0.3 is 9.80 Å². The predicted molar refractivity (Wildman–Crippen MR) is 90.6 cm³/mol. The fraction of sp³-hybridized carbons (Fsp3) is 0.444. The molecule has 6 heteroatoms. The molecule has 124 valence electrons. The highest BCUT2D eigenvalue weighted by Gasteiger charge is 2.46. The third-order valence-corrected chi connectivity index (χ3v) is 4.92. The van der Waals surface area contributed by atoms with Crippen molar-refractivity contribution in [2.24, 2.45) is 5.92 Å². The zero-order chi connectivity index (χ0) is 16.7. The lowest BCUT2D eigenvalue weighted by Gasteiger charge is -2.29. The summed E-state index contributed by atoms with van der Waals surface area (Å²) in [6, 6.07) is 6.05. The van der Waals surface area contributed by atoms with Crippen LogP contribution in [-0.4, -0.2) is 46.6 Å². The molecular weight excluding hydrogens is 302 g/mol. The molecule has 24 heavy (non-hydrogen) atoms. The zero-order valence-electron chi connectivity index (χ0n) is 14.0. The van der Waals surface area contributed by atoms with Gasteiger partial charge in [-0.1, -0.05) is 6.07 Å². The largest absolute Gasteiger partial charge is 0.361 e. The number of carbonyl (C=O) groups is 1. The Kier molecular flexibility index (Phi) is 3.67. The van der Waals surface area contributed by atoms with Crippen LogP contribution in [0.15, 0.2) is 30.6 Å². The third-order valence-electron chi connectivity index (χ3n) is 4.92. The van der Waals surface area contributed by atoms with Crippen LogP contribution in [0.3, 0.4) is 0 Å². The highest BCUT2D eigenvalue weighted by molar-refractivity contribution is 5.83. The second kappa shape index (κ2) is 5.85. The first kappa shape index (κ1) is 15.1. The maximum atomic E-state index is 12.8. The summed E-state index contributed by atoms with van der Waals surface area (Å²) in [7, 11) is 3.90. The molecule has 4 rings (SSSR count). The van der Waals surface area contributed by atoms with E-state index < -0.39 is 0 Å². The quantitative estimate of drug-likeness (QED) is 0.859. The highest BCUT2D eigenvalue weighted by Crippen LogP contribution is 2.48. The monoisotopic (exact) mass is 323 g/mol. The number of hydrogen-bond donors (Lipinski definition) is 0. The molecule has 0 spiro atoms. The van der Waals surface area contributed by atoms with E-state index in [4.69, 9.17) is 0 Å². The summed E-state index contributed by atoms with van der Waals surface area (Å²) in [4.78, 5) is 20.9. The van der Waals surface area contributed by atoms with Crippen molar-refractivity contribution in [3.8, 4) is 0 Å². The number of aromatic nitrogens is 3. The van der Waals surface area contributed by atoms with E-state index in [1.165, 1.54) is 5.56 Å². The lowest BCUT2D eigenvalue weighted by molar-refractivity contribution is -0.133. The van der Waals surface area contributed by atoms with E-state index in [1.807, 2.05) is 42.2 Å². The summed E-state index contributed by atoms with van der Waals surface area (Å²) >= 11 is 0. The highest BCUT2D eigenvalue weighted by atomic mass is 16.2. The summed E-state index contributed by atoms with van der Waals surface area (Å²) in [5, 5.41) is 8.55. The Balaban J connectivity index is 1.47. The Bertz CT molecular complexity index is 761. The molecule has 6 nitrogen and oxygen atoms in total. The minimum atomic E-state index is 0.110. The van der Waals surface area contributed by atoms with Crippen LogP contribution in [0.2, 0.25) is 0 Å². The van der Waals surface area contributed by atoms with E-state index in [2.05, 4.69) is 21.2 Å². The molecule has 3 heterocycles. The molecule has 1 amide bonds. The molecule has 2 aromatic heterocycles. The van der Waals surface area contributed by atoms with Crippen molar-refractivity contribution in [1.29, 1.82) is 0 Å². The van der Waals surface area contributed by atoms with Crippen molar-refractivity contribution < 1.29 is 4.79 Å². The molecule has 1 aliphatic carbocycles. The first-order chi connectivity index (χ1) is 11.6. The fourth-order valence-electron chi connectivity index (χ4n) is 3.39. The second-order valence-corrected chi connectivity index (χ2v) is 6.81. The Morgan fingerprint density at radius 1 is 1.33 bits per heavy atom. The average molecular weight is 323 g/mol. The van der Waals surface area contributed by atoms with Crippen molar-refractivity contribution in [2.75, 3.05) is 25.5 Å². The van der Waals surface area contributed by atoms with E-state index in [-0.39, 0.29) is 11.8 Å². The van der Waals surface area contributed by atoms with Gasteiger partial charge in [0.05, 0.1) is 5.69 Å². The Morgan fingerprint density at radius 3 is 2.96 bits per heavy atom. The van der Waals surface area contributed by atoms with Gasteiger partial charge in [0.2, 0.25) is 5.91 Å². The van der Waals surface area contributed by atoms with Crippen LogP contribution in [0.25, 0.3) is 0 Å². The van der Waals surface area contributed by atoms with Crippen molar-refractivity contribution in [3.05, 3.63) is 47.4 Å². The lowest BCUT2D eigenvalue weighted by atomic mass is 10.0. The summed E-state index contributed by atoms with van der Waals surface area (Å²) < 4.78 is 0. The van der Waals surface area contributed by atoms with Crippen LogP contribution in [-0.2, 0) is 17.8 Å². The van der Waals surface area contributed by atoms with Crippen molar-refractivity contribution >= 4 is 11.7 Å². The van der Waals surface area contributed by atoms with Crippen LogP contribution in [0.1, 0.15) is 29.2 Å². The summed E-state index contributed by atoms with van der Waals surface area (Å²) in [6.45, 7) is 1.37. The number of anilines is 1. The number of rotatable bonds is 3. The van der Waals surface area contributed by atoms with Gasteiger partial charge in [0.15, 0.2) is 5.82 Å². The Morgan fingerprint density at radius 2 is 2.21 bits per heavy atom. The minimum Gasteiger partial charge on any atom is -0.361 e. The number of pyridine rings is 1. The maximum Gasteiger partial charge on any atom is 0.226 e. The predicted octanol–water partition coefficient (Wildman–Crippen LogP) is 1.63. The van der Waals surface area contributed by atoms with Crippen molar-refractivity contribution in [2.45, 2.75) is 25.3 Å². The van der Waals surface area contributed by atoms with Crippen LogP contribution < -0.4 is 4.90 Å². The Labute approximate surface area is 141 Å². The summed E-state index contributed by atoms with van der Waals surface area (Å²) in [5.41, 5.74) is 3.31. The molecule has 2 atom stereocenters. The van der Waals surface area contributed by atoms with E-state index in [0.29, 0.717) is 12.5 Å². The first-order valence-electron chi connectivity index (χ1n) is 8.35. The first-order valence-corrected chi connectivity index (χ1v) is 8.35. The number of carbonyl (C=O) groups excluding carboxylic acids is 1. The molecule has 0 N–H and O–H groups in total. The number of hydrogen-bond acceptors (Lipinski definition) is 5. The second-order valence-electron chi connectivity index (χ2n) is 6.81. The van der Waals surface area contributed by atoms with E-state index >= 15 is 0 Å². The van der Waals surface area contributed by atoms with Gasteiger partial charge in [-0.05, 0) is 35.6 Å². The molecule has 0 unspecified atom stereocenters. The average Bonchev–Trinajstić information content (AvgIpc) is 3.41. The molecule has 2 aromatic rings. The third kappa shape index (κ3) is 2.72. The molecule has 1 saturated carbocycles. The van der Waals surface area contributed by atoms with E-state index in [0.717, 1.165) is 36.5 Å². The van der Waals surface area contributed by atoms with Gasteiger partial charge >= 0.3 is 0 Å². The number of amides is 1. The maximum absolute atomic E-state index is 12.8. The molecular formula is C18H21N5O. The van der Waals surface area contributed by atoms with Crippen molar-refractivity contribution in [1.82, 2.24) is 20.1 Å².